The molecule has 0 unspecified atom stereocenters. The van der Waals surface area contributed by atoms with Crippen molar-refractivity contribution in [2.45, 2.75) is 25.2 Å². The normalized spacial score (nSPS) is 20.1. The Hall–Kier alpha value is -2.32. The Bertz CT molecular complexity index is 1040. The maximum atomic E-state index is 13.9. The molecule has 2 atom stereocenters. The molecule has 2 N–H and O–H groups in total. The van der Waals surface area contributed by atoms with Gasteiger partial charge in [0.1, 0.15) is 12.0 Å². The van der Waals surface area contributed by atoms with E-state index in [0.29, 0.717) is 23.6 Å². The number of aromatic nitrogens is 2. The van der Waals surface area contributed by atoms with Crippen molar-refractivity contribution in [1.82, 2.24) is 9.55 Å². The molecule has 0 radical (unpaired) electrons. The number of anilines is 1. The average Bonchev–Trinajstić information content (AvgIpc) is 2.98. The molecule has 1 aromatic heterocycles. The van der Waals surface area contributed by atoms with Crippen LogP contribution in [0.2, 0.25) is 5.02 Å². The fourth-order valence-electron chi connectivity index (χ4n) is 3.46. The third-order valence-corrected chi connectivity index (χ3v) is 5.24. The Morgan fingerprint density at radius 2 is 1.86 bits per heavy atom. The van der Waals surface area contributed by atoms with Gasteiger partial charge in [-0.25, -0.2) is 22.5 Å². The summed E-state index contributed by atoms with van der Waals surface area (Å²) in [4.78, 5) is 6.22. The molecule has 2 heterocycles. The van der Waals surface area contributed by atoms with Gasteiger partial charge >= 0.3 is 0 Å². The van der Waals surface area contributed by atoms with Crippen LogP contribution in [-0.4, -0.2) is 34.9 Å². The van der Waals surface area contributed by atoms with Gasteiger partial charge in [-0.3, -0.25) is 0 Å². The number of hydrogen-bond donors (Lipinski definition) is 1. The number of fused-ring (bicyclic) bond motifs is 1. The summed E-state index contributed by atoms with van der Waals surface area (Å²) in [6.45, 7) is 0.786. The lowest BCUT2D eigenvalue weighted by molar-refractivity contribution is 0.243. The Balaban J connectivity index is 1.81. The Morgan fingerprint density at radius 3 is 2.57 bits per heavy atom. The van der Waals surface area contributed by atoms with Crippen molar-refractivity contribution in [3.63, 3.8) is 0 Å². The number of nitrogens with two attached hydrogens (primary N) is 1. The number of benzene rings is 2. The van der Waals surface area contributed by atoms with Gasteiger partial charge < -0.3 is 15.2 Å². The first-order chi connectivity index (χ1) is 13.3. The van der Waals surface area contributed by atoms with Gasteiger partial charge in [0.05, 0.1) is 28.6 Å². The second kappa shape index (κ2) is 7.25. The molecule has 0 saturated carbocycles. The summed E-state index contributed by atoms with van der Waals surface area (Å²) in [6, 6.07) is 5.65. The van der Waals surface area contributed by atoms with Gasteiger partial charge in [0.15, 0.2) is 11.6 Å². The molecular formula is C19H17ClF4N4. The van der Waals surface area contributed by atoms with Crippen molar-refractivity contribution in [3.8, 4) is 0 Å². The first-order valence-corrected chi connectivity index (χ1v) is 9.15. The standard InChI is InChI=1S/C19H17ClF4N4/c20-11-5-10(1-2-12(11)21)8-28-18-7-15(24)14(23)6-17(18)26-19(28)27-4-3-13(22)16(25)9-27/h1-2,5-7,13,16H,3-4,8-9,25H2/t13-,16-/m1/s1. The predicted octanol–water partition coefficient (Wildman–Crippen LogP) is 4.03. The van der Waals surface area contributed by atoms with Gasteiger partial charge in [-0.05, 0) is 24.1 Å². The summed E-state index contributed by atoms with van der Waals surface area (Å²) in [5, 5.41) is -0.0408. The van der Waals surface area contributed by atoms with Gasteiger partial charge in [0.2, 0.25) is 5.95 Å². The molecule has 4 rings (SSSR count). The zero-order valence-corrected chi connectivity index (χ0v) is 15.4. The van der Waals surface area contributed by atoms with Gasteiger partial charge in [0.25, 0.3) is 0 Å². The van der Waals surface area contributed by atoms with E-state index in [-0.39, 0.29) is 30.0 Å². The largest absolute Gasteiger partial charge is 0.340 e. The third-order valence-electron chi connectivity index (χ3n) is 4.95. The summed E-state index contributed by atoms with van der Waals surface area (Å²) in [5.74, 6) is -2.14. The van der Waals surface area contributed by atoms with Crippen LogP contribution in [0, 0.1) is 17.5 Å². The summed E-state index contributed by atoms with van der Waals surface area (Å²) in [5.41, 5.74) is 7.14. The maximum absolute atomic E-state index is 13.9. The first kappa shape index (κ1) is 19.0. The first-order valence-electron chi connectivity index (χ1n) is 8.77. The van der Waals surface area contributed by atoms with Crippen LogP contribution in [0.15, 0.2) is 30.3 Å². The van der Waals surface area contributed by atoms with Crippen LogP contribution >= 0.6 is 11.6 Å². The lowest BCUT2D eigenvalue weighted by atomic mass is 10.1. The lowest BCUT2D eigenvalue weighted by Gasteiger charge is -2.34. The molecule has 1 aliphatic heterocycles. The zero-order chi connectivity index (χ0) is 20.0. The fraction of sp³-hybridized carbons (Fsp3) is 0.316. The Labute approximate surface area is 163 Å². The van der Waals surface area contributed by atoms with E-state index in [0.717, 1.165) is 12.1 Å². The second-order valence-electron chi connectivity index (χ2n) is 6.92. The maximum Gasteiger partial charge on any atom is 0.206 e. The van der Waals surface area contributed by atoms with Crippen LogP contribution in [-0.2, 0) is 6.54 Å². The van der Waals surface area contributed by atoms with Gasteiger partial charge in [-0.2, -0.15) is 0 Å². The molecule has 1 saturated heterocycles. The molecule has 0 amide bonds. The minimum absolute atomic E-state index is 0.0408. The quantitative estimate of drug-likeness (QED) is 0.661. The Morgan fingerprint density at radius 1 is 1.11 bits per heavy atom. The molecule has 2 aromatic carbocycles. The van der Waals surface area contributed by atoms with Crippen LogP contribution in [0.1, 0.15) is 12.0 Å². The van der Waals surface area contributed by atoms with Crippen LogP contribution in [0.3, 0.4) is 0 Å². The molecule has 0 aliphatic carbocycles. The van der Waals surface area contributed by atoms with E-state index >= 15 is 0 Å². The summed E-state index contributed by atoms with van der Waals surface area (Å²) < 4.78 is 56.5. The number of nitrogens with zero attached hydrogens (tertiary/aromatic N) is 3. The van der Waals surface area contributed by atoms with Crippen LogP contribution in [0.5, 0.6) is 0 Å². The number of halogens is 5. The summed E-state index contributed by atoms with van der Waals surface area (Å²) in [6.07, 6.45) is -0.880. The predicted molar refractivity (Wildman–Crippen MR) is 99.9 cm³/mol. The minimum Gasteiger partial charge on any atom is -0.340 e. The molecule has 1 fully saturated rings. The van der Waals surface area contributed by atoms with Crippen molar-refractivity contribution in [1.29, 1.82) is 0 Å². The second-order valence-corrected chi connectivity index (χ2v) is 7.32. The van der Waals surface area contributed by atoms with E-state index in [1.54, 1.807) is 15.5 Å². The highest BCUT2D eigenvalue weighted by Crippen LogP contribution is 2.29. The molecule has 0 spiro atoms. The fourth-order valence-corrected chi connectivity index (χ4v) is 3.66. The van der Waals surface area contributed by atoms with Gasteiger partial charge in [-0.15, -0.1) is 0 Å². The zero-order valence-electron chi connectivity index (χ0n) is 14.7. The highest BCUT2D eigenvalue weighted by Gasteiger charge is 2.29. The van der Waals surface area contributed by atoms with E-state index in [1.807, 2.05) is 0 Å². The van der Waals surface area contributed by atoms with Gasteiger partial charge in [0, 0.05) is 25.2 Å². The molecule has 0 bridgehead atoms. The molecule has 148 valence electrons. The van der Waals surface area contributed by atoms with E-state index in [4.69, 9.17) is 17.3 Å². The third kappa shape index (κ3) is 3.42. The van der Waals surface area contributed by atoms with E-state index in [9.17, 15) is 17.6 Å². The Kier molecular flexibility index (Phi) is 4.93. The van der Waals surface area contributed by atoms with Crippen molar-refractivity contribution < 1.29 is 17.6 Å². The number of hydrogen-bond acceptors (Lipinski definition) is 3. The molecular weight excluding hydrogens is 396 g/mol. The average molecular weight is 413 g/mol. The highest BCUT2D eigenvalue weighted by molar-refractivity contribution is 6.30. The molecule has 1 aliphatic rings. The van der Waals surface area contributed by atoms with E-state index in [2.05, 4.69) is 4.98 Å². The van der Waals surface area contributed by atoms with Crippen LogP contribution < -0.4 is 10.6 Å². The number of rotatable bonds is 3. The van der Waals surface area contributed by atoms with Crippen molar-refractivity contribution in [2.24, 2.45) is 5.73 Å². The van der Waals surface area contributed by atoms with Crippen molar-refractivity contribution in [2.75, 3.05) is 18.0 Å². The summed E-state index contributed by atoms with van der Waals surface area (Å²) in [7, 11) is 0. The molecule has 9 heteroatoms. The smallest absolute Gasteiger partial charge is 0.206 e. The highest BCUT2D eigenvalue weighted by atomic mass is 35.5. The summed E-state index contributed by atoms with van der Waals surface area (Å²) >= 11 is 5.86. The minimum atomic E-state index is -1.11. The number of piperidine rings is 1. The number of alkyl halides is 1. The van der Waals surface area contributed by atoms with E-state index in [1.165, 1.54) is 12.1 Å². The monoisotopic (exact) mass is 412 g/mol. The van der Waals surface area contributed by atoms with Gasteiger partial charge in [-0.1, -0.05) is 17.7 Å². The lowest BCUT2D eigenvalue weighted by Crippen LogP contribution is -2.50. The topological polar surface area (TPSA) is 47.1 Å². The molecule has 4 nitrogen and oxygen atoms in total. The van der Waals surface area contributed by atoms with Crippen LogP contribution in [0.4, 0.5) is 23.5 Å². The van der Waals surface area contributed by atoms with Crippen LogP contribution in [0.25, 0.3) is 11.0 Å². The van der Waals surface area contributed by atoms with Crippen molar-refractivity contribution >= 4 is 28.6 Å². The van der Waals surface area contributed by atoms with E-state index < -0.39 is 29.7 Å². The SMILES string of the molecule is N[C@@H]1CN(c2nc3cc(F)c(F)cc3n2Cc2ccc(F)c(Cl)c2)CC[C@H]1F. The molecule has 3 aromatic rings. The molecule has 28 heavy (non-hydrogen) atoms. The number of imidazole rings is 1. The van der Waals surface area contributed by atoms with Crippen molar-refractivity contribution in [3.05, 3.63) is 58.4 Å².